The third-order valence-corrected chi connectivity index (χ3v) is 7.65. The van der Waals surface area contributed by atoms with E-state index < -0.39 is 0 Å². The molecule has 3 heterocycles. The maximum Gasteiger partial charge on any atom is 0.275 e. The Balaban J connectivity index is 1.24. The number of carbonyl (C=O) groups excluding carboxylic acids is 2. The van der Waals surface area contributed by atoms with Gasteiger partial charge in [0.05, 0.1) is 5.01 Å². The van der Waals surface area contributed by atoms with Gasteiger partial charge in [-0.2, -0.15) is 0 Å². The largest absolute Gasteiger partial charge is 0.360 e. The molecule has 2 amide bonds. The first-order chi connectivity index (χ1) is 17.9. The highest BCUT2D eigenvalue weighted by Crippen LogP contribution is 2.33. The van der Waals surface area contributed by atoms with Crippen LogP contribution in [0.2, 0.25) is 0 Å². The Morgan fingerprint density at radius 3 is 2.51 bits per heavy atom. The van der Waals surface area contributed by atoms with Gasteiger partial charge >= 0.3 is 0 Å². The van der Waals surface area contributed by atoms with E-state index in [1.807, 2.05) is 66.4 Å². The minimum Gasteiger partial charge on any atom is -0.360 e. The number of hydrogen-bond acceptors (Lipinski definition) is 6. The minimum absolute atomic E-state index is 0.0635. The molecule has 8 heteroatoms. The lowest BCUT2D eigenvalue weighted by Gasteiger charge is -2.31. The second-order valence-corrected chi connectivity index (χ2v) is 10.1. The molecule has 2 aromatic heterocycles. The Bertz CT molecular complexity index is 1450. The summed E-state index contributed by atoms with van der Waals surface area (Å²) < 4.78 is 5.39. The van der Waals surface area contributed by atoms with Crippen molar-refractivity contribution in [3.8, 4) is 11.3 Å². The summed E-state index contributed by atoms with van der Waals surface area (Å²) in [6.45, 7) is 8.89. The van der Waals surface area contributed by atoms with E-state index in [1.54, 1.807) is 12.3 Å². The van der Waals surface area contributed by atoms with Gasteiger partial charge in [0.2, 0.25) is 0 Å². The molecule has 188 valence electrons. The highest BCUT2D eigenvalue weighted by atomic mass is 32.1. The van der Waals surface area contributed by atoms with E-state index in [9.17, 15) is 9.59 Å². The summed E-state index contributed by atoms with van der Waals surface area (Å²) >= 11 is 1.50. The molecule has 1 aliphatic rings. The average Bonchev–Trinajstić information content (AvgIpc) is 3.56. The fraction of sp³-hybridized carbons (Fsp3) is 0.241. The maximum absolute atomic E-state index is 13.4. The molecule has 0 atom stereocenters. The van der Waals surface area contributed by atoms with E-state index in [0.29, 0.717) is 35.8 Å². The van der Waals surface area contributed by atoms with Crippen molar-refractivity contribution in [3.63, 3.8) is 0 Å². The maximum atomic E-state index is 13.4. The molecule has 0 spiro atoms. The van der Waals surface area contributed by atoms with Crippen LogP contribution < -0.4 is 5.32 Å². The topological polar surface area (TPSA) is 88.3 Å². The summed E-state index contributed by atoms with van der Waals surface area (Å²) in [6.07, 6.45) is 1.56. The summed E-state index contributed by atoms with van der Waals surface area (Å²) in [6, 6.07) is 17.2. The molecule has 0 bridgehead atoms. The van der Waals surface area contributed by atoms with E-state index in [0.717, 1.165) is 40.2 Å². The van der Waals surface area contributed by atoms with Crippen LogP contribution >= 0.6 is 11.3 Å². The number of thiazole rings is 1. The summed E-state index contributed by atoms with van der Waals surface area (Å²) in [5, 5.41) is 9.85. The number of carbonyl (C=O) groups is 2. The van der Waals surface area contributed by atoms with E-state index in [1.165, 1.54) is 11.3 Å². The number of benzene rings is 2. The van der Waals surface area contributed by atoms with Crippen LogP contribution in [0.5, 0.6) is 0 Å². The van der Waals surface area contributed by atoms with Crippen molar-refractivity contribution in [2.24, 2.45) is 0 Å². The minimum atomic E-state index is -0.236. The van der Waals surface area contributed by atoms with Crippen molar-refractivity contribution in [1.29, 1.82) is 0 Å². The predicted molar refractivity (Wildman–Crippen MR) is 146 cm³/mol. The smallest absolute Gasteiger partial charge is 0.275 e. The van der Waals surface area contributed by atoms with E-state index in [-0.39, 0.29) is 17.7 Å². The molecule has 1 saturated heterocycles. The quantitative estimate of drug-likeness (QED) is 0.322. The van der Waals surface area contributed by atoms with Gasteiger partial charge in [-0.25, -0.2) is 4.98 Å². The second-order valence-electron chi connectivity index (χ2n) is 9.25. The first-order valence-corrected chi connectivity index (χ1v) is 13.1. The number of anilines is 1. The number of rotatable bonds is 6. The first kappa shape index (κ1) is 24.6. The van der Waals surface area contributed by atoms with Crippen molar-refractivity contribution in [2.75, 3.05) is 18.4 Å². The highest BCUT2D eigenvalue weighted by molar-refractivity contribution is 7.10. The van der Waals surface area contributed by atoms with Crippen LogP contribution in [0.15, 0.2) is 71.1 Å². The molecule has 0 saturated carbocycles. The van der Waals surface area contributed by atoms with Crippen LogP contribution in [0.1, 0.15) is 62.9 Å². The van der Waals surface area contributed by atoms with Gasteiger partial charge in [-0.1, -0.05) is 60.3 Å². The van der Waals surface area contributed by atoms with Gasteiger partial charge < -0.3 is 14.7 Å². The highest BCUT2D eigenvalue weighted by Gasteiger charge is 2.31. The zero-order valence-electron chi connectivity index (χ0n) is 20.9. The number of aromatic nitrogens is 2. The molecular formula is C29H28N4O3S. The summed E-state index contributed by atoms with van der Waals surface area (Å²) in [7, 11) is 0. The third kappa shape index (κ3) is 5.11. The number of aryl methyl sites for hydroxylation is 1. The molecule has 7 nitrogen and oxygen atoms in total. The summed E-state index contributed by atoms with van der Waals surface area (Å²) in [5.74, 6) is 0.428. The number of amides is 2. The lowest BCUT2D eigenvalue weighted by atomic mass is 9.96. The lowest BCUT2D eigenvalue weighted by Crippen LogP contribution is -2.38. The predicted octanol–water partition coefficient (Wildman–Crippen LogP) is 6.41. The first-order valence-electron chi connectivity index (χ1n) is 12.2. The number of likely N-dealkylation sites (tertiary alicyclic amines) is 1. The van der Waals surface area contributed by atoms with E-state index in [4.69, 9.17) is 4.52 Å². The van der Waals surface area contributed by atoms with Gasteiger partial charge in [-0.3, -0.25) is 9.59 Å². The Morgan fingerprint density at radius 1 is 1.08 bits per heavy atom. The molecule has 0 unspecified atom stereocenters. The second kappa shape index (κ2) is 10.5. The van der Waals surface area contributed by atoms with Crippen LogP contribution in [0.25, 0.3) is 16.8 Å². The van der Waals surface area contributed by atoms with Gasteiger partial charge in [-0.15, -0.1) is 11.3 Å². The van der Waals surface area contributed by atoms with Gasteiger partial charge in [0.25, 0.3) is 11.8 Å². The van der Waals surface area contributed by atoms with Crippen LogP contribution in [0, 0.1) is 6.92 Å². The van der Waals surface area contributed by atoms with Crippen LogP contribution in [0.3, 0.4) is 0 Å². The van der Waals surface area contributed by atoms with Crippen molar-refractivity contribution in [1.82, 2.24) is 15.0 Å². The summed E-state index contributed by atoms with van der Waals surface area (Å²) in [5.41, 5.74) is 4.87. The molecule has 0 radical (unpaired) electrons. The molecule has 4 aromatic rings. The number of para-hydroxylation sites is 1. The molecule has 1 aliphatic heterocycles. The molecule has 5 rings (SSSR count). The standard InChI is InChI=1S/C29H28N4O3S/c1-18(2)22-11-7-8-12-23(22)30-27(34)24-17-37-28(31-24)21-13-15-33(16-14-21)29(35)25-19(3)36-32-26(25)20-9-5-4-6-10-20/h4-12,17,21H,1,13-16H2,2-3H3,(H,30,34). The lowest BCUT2D eigenvalue weighted by molar-refractivity contribution is 0.0711. The van der Waals surface area contributed by atoms with Gasteiger partial charge in [0.1, 0.15) is 22.7 Å². The van der Waals surface area contributed by atoms with Crippen LogP contribution in [-0.4, -0.2) is 39.9 Å². The Kier molecular flexibility index (Phi) is 7.01. The van der Waals surface area contributed by atoms with Crippen molar-refractivity contribution in [2.45, 2.75) is 32.6 Å². The summed E-state index contributed by atoms with van der Waals surface area (Å²) in [4.78, 5) is 32.8. The molecule has 37 heavy (non-hydrogen) atoms. The van der Waals surface area contributed by atoms with Gasteiger partial charge in [0, 0.05) is 41.2 Å². The number of nitrogens with one attached hydrogen (secondary N) is 1. The molecule has 2 aromatic carbocycles. The van der Waals surface area contributed by atoms with E-state index in [2.05, 4.69) is 22.0 Å². The van der Waals surface area contributed by atoms with E-state index >= 15 is 0 Å². The number of nitrogens with zero attached hydrogens (tertiary/aromatic N) is 3. The molecule has 0 aliphatic carbocycles. The van der Waals surface area contributed by atoms with Crippen molar-refractivity contribution < 1.29 is 14.1 Å². The van der Waals surface area contributed by atoms with Crippen LogP contribution in [-0.2, 0) is 0 Å². The fourth-order valence-electron chi connectivity index (χ4n) is 4.63. The Labute approximate surface area is 219 Å². The zero-order chi connectivity index (χ0) is 25.9. The SMILES string of the molecule is C=C(C)c1ccccc1NC(=O)c1csc(C2CCN(C(=O)c3c(-c4ccccc4)noc3C)CC2)n1. The molecule has 1 fully saturated rings. The molecular weight excluding hydrogens is 484 g/mol. The normalized spacial score (nSPS) is 13.9. The number of piperidine rings is 1. The monoisotopic (exact) mass is 512 g/mol. The van der Waals surface area contributed by atoms with Crippen LogP contribution in [0.4, 0.5) is 5.69 Å². The zero-order valence-corrected chi connectivity index (χ0v) is 21.7. The van der Waals surface area contributed by atoms with Crippen molar-refractivity contribution >= 4 is 34.4 Å². The number of hydrogen-bond donors (Lipinski definition) is 1. The fourth-order valence-corrected chi connectivity index (χ4v) is 5.61. The van der Waals surface area contributed by atoms with Gasteiger partial charge in [0.15, 0.2) is 0 Å². The van der Waals surface area contributed by atoms with Crippen molar-refractivity contribution in [3.05, 3.63) is 94.1 Å². The van der Waals surface area contributed by atoms with Gasteiger partial charge in [-0.05, 0) is 38.3 Å². The third-order valence-electron chi connectivity index (χ3n) is 6.64. The Morgan fingerprint density at radius 2 is 1.78 bits per heavy atom. The Hall–Kier alpha value is -4.04. The average molecular weight is 513 g/mol. The number of allylic oxidation sites excluding steroid dienone is 1. The molecule has 1 N–H and O–H groups in total.